The maximum absolute atomic E-state index is 12.9. The van der Waals surface area contributed by atoms with Crippen LogP contribution in [0.4, 0.5) is 0 Å². The summed E-state index contributed by atoms with van der Waals surface area (Å²) in [7, 11) is 0. The zero-order chi connectivity index (χ0) is 19.1. The van der Waals surface area contributed by atoms with Gasteiger partial charge in [0.2, 0.25) is 0 Å². The highest BCUT2D eigenvalue weighted by Crippen LogP contribution is 2.34. The van der Waals surface area contributed by atoms with Gasteiger partial charge in [-0.15, -0.1) is 11.3 Å². The number of thiazole rings is 1. The Morgan fingerprint density at radius 1 is 1.07 bits per heavy atom. The van der Waals surface area contributed by atoms with E-state index in [1.165, 1.54) is 4.70 Å². The van der Waals surface area contributed by atoms with Crippen molar-refractivity contribution in [2.45, 2.75) is 31.3 Å². The van der Waals surface area contributed by atoms with Gasteiger partial charge in [-0.05, 0) is 36.6 Å². The van der Waals surface area contributed by atoms with Gasteiger partial charge in [-0.3, -0.25) is 4.79 Å². The standard InChI is InChI=1S/C22H20N2O3S/c25-21(18-13-15-5-1-2-6-16(15)22(26)27-18)24-11-9-14(10-12-24)20-23-17-7-3-4-8-19(17)28-20/h1-8,14,18H,9-13H2/t18-/m1/s1. The Hall–Kier alpha value is -2.73. The molecule has 0 aliphatic carbocycles. The lowest BCUT2D eigenvalue weighted by atomic mass is 9.95. The number of hydrogen-bond acceptors (Lipinski definition) is 5. The summed E-state index contributed by atoms with van der Waals surface area (Å²) in [4.78, 5) is 31.8. The number of para-hydroxylation sites is 1. The molecule has 0 bridgehead atoms. The highest BCUT2D eigenvalue weighted by atomic mass is 32.1. The molecule has 1 atom stereocenters. The van der Waals surface area contributed by atoms with Crippen LogP contribution in [0.5, 0.6) is 0 Å². The molecule has 28 heavy (non-hydrogen) atoms. The van der Waals surface area contributed by atoms with Crippen LogP contribution >= 0.6 is 11.3 Å². The molecule has 1 aromatic heterocycles. The molecule has 3 aromatic rings. The monoisotopic (exact) mass is 392 g/mol. The maximum Gasteiger partial charge on any atom is 0.339 e. The summed E-state index contributed by atoms with van der Waals surface area (Å²) in [6.07, 6.45) is 1.53. The van der Waals surface area contributed by atoms with Crippen molar-refractivity contribution in [1.29, 1.82) is 0 Å². The summed E-state index contributed by atoms with van der Waals surface area (Å²) in [5.41, 5.74) is 2.51. The number of aromatic nitrogens is 1. The molecule has 6 heteroatoms. The predicted octanol–water partition coefficient (Wildman–Crippen LogP) is 3.78. The van der Waals surface area contributed by atoms with E-state index >= 15 is 0 Å². The minimum absolute atomic E-state index is 0.0781. The van der Waals surface area contributed by atoms with E-state index in [1.54, 1.807) is 17.4 Å². The number of cyclic esters (lactones) is 1. The number of nitrogens with zero attached hydrogens (tertiary/aromatic N) is 2. The zero-order valence-corrected chi connectivity index (χ0v) is 16.2. The van der Waals surface area contributed by atoms with Gasteiger partial charge < -0.3 is 9.64 Å². The van der Waals surface area contributed by atoms with Gasteiger partial charge >= 0.3 is 5.97 Å². The minimum atomic E-state index is -0.707. The summed E-state index contributed by atoms with van der Waals surface area (Å²) in [5.74, 6) is -0.0914. The third kappa shape index (κ3) is 3.07. The molecule has 5 nitrogen and oxygen atoms in total. The number of carbonyl (C=O) groups is 2. The van der Waals surface area contributed by atoms with E-state index in [0.717, 1.165) is 28.9 Å². The first-order chi connectivity index (χ1) is 13.7. The molecule has 2 aromatic carbocycles. The van der Waals surface area contributed by atoms with E-state index < -0.39 is 12.1 Å². The number of ether oxygens (including phenoxy) is 1. The normalized spacial score (nSPS) is 20.1. The summed E-state index contributed by atoms with van der Waals surface area (Å²) in [6, 6.07) is 15.5. The number of esters is 1. The molecule has 2 aliphatic rings. The number of amides is 1. The van der Waals surface area contributed by atoms with Crippen molar-refractivity contribution < 1.29 is 14.3 Å². The third-order valence-electron chi connectivity index (χ3n) is 5.63. The number of piperidine rings is 1. The molecule has 0 saturated carbocycles. The topological polar surface area (TPSA) is 59.5 Å². The van der Waals surface area contributed by atoms with E-state index in [-0.39, 0.29) is 5.91 Å². The lowest BCUT2D eigenvalue weighted by Crippen LogP contribution is -2.47. The maximum atomic E-state index is 12.9. The molecule has 1 amide bonds. The van der Waals surface area contributed by atoms with Gasteiger partial charge in [0.15, 0.2) is 6.10 Å². The summed E-state index contributed by atoms with van der Waals surface area (Å²) in [6.45, 7) is 1.35. The average Bonchev–Trinajstić information content (AvgIpc) is 3.18. The van der Waals surface area contributed by atoms with E-state index in [9.17, 15) is 9.59 Å². The van der Waals surface area contributed by atoms with Crippen molar-refractivity contribution >= 4 is 33.4 Å². The largest absolute Gasteiger partial charge is 0.448 e. The molecular formula is C22H20N2O3S. The van der Waals surface area contributed by atoms with Gasteiger partial charge in [-0.1, -0.05) is 30.3 Å². The zero-order valence-electron chi connectivity index (χ0n) is 15.3. The van der Waals surface area contributed by atoms with Crippen LogP contribution < -0.4 is 0 Å². The fourth-order valence-corrected chi connectivity index (χ4v) is 5.22. The molecule has 3 heterocycles. The lowest BCUT2D eigenvalue weighted by Gasteiger charge is -2.34. The van der Waals surface area contributed by atoms with Crippen LogP contribution in [-0.4, -0.2) is 41.0 Å². The molecule has 1 fully saturated rings. The molecule has 2 aliphatic heterocycles. The Morgan fingerprint density at radius 2 is 1.82 bits per heavy atom. The molecule has 5 rings (SSSR count). The van der Waals surface area contributed by atoms with Crippen molar-refractivity contribution in [3.8, 4) is 0 Å². The number of rotatable bonds is 2. The van der Waals surface area contributed by atoms with Crippen LogP contribution in [0.3, 0.4) is 0 Å². The first-order valence-electron chi connectivity index (χ1n) is 9.62. The summed E-state index contributed by atoms with van der Waals surface area (Å²) >= 11 is 1.75. The quantitative estimate of drug-likeness (QED) is 0.623. The van der Waals surface area contributed by atoms with E-state index in [4.69, 9.17) is 9.72 Å². The van der Waals surface area contributed by atoms with Crippen molar-refractivity contribution in [2.24, 2.45) is 0 Å². The van der Waals surface area contributed by atoms with Crippen LogP contribution in [0, 0.1) is 0 Å². The Kier molecular flexibility index (Phi) is 4.36. The minimum Gasteiger partial charge on any atom is -0.448 e. The number of likely N-dealkylation sites (tertiary alicyclic amines) is 1. The van der Waals surface area contributed by atoms with Crippen molar-refractivity contribution in [3.63, 3.8) is 0 Å². The Bertz CT molecular complexity index is 1020. The second-order valence-electron chi connectivity index (χ2n) is 7.37. The van der Waals surface area contributed by atoms with Crippen LogP contribution in [0.25, 0.3) is 10.2 Å². The van der Waals surface area contributed by atoms with E-state index in [1.807, 2.05) is 41.3 Å². The van der Waals surface area contributed by atoms with Gasteiger partial charge in [-0.25, -0.2) is 9.78 Å². The van der Waals surface area contributed by atoms with Crippen LogP contribution in [0.15, 0.2) is 48.5 Å². The lowest BCUT2D eigenvalue weighted by molar-refractivity contribution is -0.142. The molecule has 1 saturated heterocycles. The second kappa shape index (κ2) is 7.02. The molecule has 0 radical (unpaired) electrons. The molecule has 0 spiro atoms. The number of benzene rings is 2. The molecule has 0 N–H and O–H groups in total. The van der Waals surface area contributed by atoms with Crippen LogP contribution in [0.1, 0.15) is 39.7 Å². The number of hydrogen-bond donors (Lipinski definition) is 0. The predicted molar refractivity (Wildman–Crippen MR) is 108 cm³/mol. The fraction of sp³-hybridized carbons (Fsp3) is 0.318. The Balaban J connectivity index is 1.25. The highest BCUT2D eigenvalue weighted by molar-refractivity contribution is 7.18. The Morgan fingerprint density at radius 3 is 2.64 bits per heavy atom. The molecule has 142 valence electrons. The van der Waals surface area contributed by atoms with Crippen molar-refractivity contribution in [3.05, 3.63) is 64.7 Å². The van der Waals surface area contributed by atoms with Gasteiger partial charge in [0.25, 0.3) is 5.91 Å². The summed E-state index contributed by atoms with van der Waals surface area (Å²) in [5, 5.41) is 1.16. The number of fused-ring (bicyclic) bond motifs is 2. The van der Waals surface area contributed by atoms with Crippen LogP contribution in [-0.2, 0) is 16.0 Å². The third-order valence-corrected chi connectivity index (χ3v) is 6.83. The Labute approximate surface area is 166 Å². The first kappa shape index (κ1) is 17.4. The number of carbonyl (C=O) groups excluding carboxylic acids is 2. The van der Waals surface area contributed by atoms with Crippen LogP contribution in [0.2, 0.25) is 0 Å². The molecular weight excluding hydrogens is 372 g/mol. The van der Waals surface area contributed by atoms with Gasteiger partial charge in [0.05, 0.1) is 20.8 Å². The van der Waals surface area contributed by atoms with Gasteiger partial charge in [0, 0.05) is 25.4 Å². The van der Waals surface area contributed by atoms with Gasteiger partial charge in [0.1, 0.15) is 0 Å². The van der Waals surface area contributed by atoms with E-state index in [2.05, 4.69) is 6.07 Å². The van der Waals surface area contributed by atoms with Crippen molar-refractivity contribution in [1.82, 2.24) is 9.88 Å². The van der Waals surface area contributed by atoms with E-state index in [0.29, 0.717) is 31.0 Å². The SMILES string of the molecule is O=C1O[C@@H](C(=O)N2CCC(c3nc4ccccc4s3)CC2)Cc2ccccc21. The fourth-order valence-electron chi connectivity index (χ4n) is 4.08. The molecule has 0 unspecified atom stereocenters. The highest BCUT2D eigenvalue weighted by Gasteiger charge is 2.35. The average molecular weight is 392 g/mol. The second-order valence-corrected chi connectivity index (χ2v) is 8.44. The van der Waals surface area contributed by atoms with Crippen molar-refractivity contribution in [2.75, 3.05) is 13.1 Å². The smallest absolute Gasteiger partial charge is 0.339 e. The summed E-state index contributed by atoms with van der Waals surface area (Å²) < 4.78 is 6.65. The van der Waals surface area contributed by atoms with Gasteiger partial charge in [-0.2, -0.15) is 0 Å². The first-order valence-corrected chi connectivity index (χ1v) is 10.4.